The fraction of sp³-hybridized carbons (Fsp3) is 0.333. The van der Waals surface area contributed by atoms with Gasteiger partial charge in [-0.15, -0.1) is 0 Å². The molecule has 1 saturated heterocycles. The highest BCUT2D eigenvalue weighted by Gasteiger charge is 2.30. The summed E-state index contributed by atoms with van der Waals surface area (Å²) in [5.74, 6) is 0.0813. The Morgan fingerprint density at radius 1 is 1.05 bits per heavy atom. The van der Waals surface area contributed by atoms with Crippen LogP contribution in [0.15, 0.2) is 75.9 Å². The number of ether oxygens (including phenoxy) is 1. The molecule has 0 bridgehead atoms. The van der Waals surface area contributed by atoms with Crippen molar-refractivity contribution >= 4 is 16.9 Å². The van der Waals surface area contributed by atoms with Crippen molar-refractivity contribution in [1.29, 1.82) is 0 Å². The molecule has 2 heterocycles. The Morgan fingerprint density at radius 2 is 1.67 bits per heavy atom. The monoisotopic (exact) mass is 594 g/mol. The highest BCUT2D eigenvalue weighted by Crippen LogP contribution is 2.31. The third-order valence-corrected chi connectivity index (χ3v) is 8.04. The molecule has 1 aliphatic rings. The van der Waals surface area contributed by atoms with Gasteiger partial charge in [-0.25, -0.2) is 4.79 Å². The number of carbonyl (C=O) groups excluding carboxylic acids is 1. The van der Waals surface area contributed by atoms with Gasteiger partial charge in [-0.1, -0.05) is 36.4 Å². The number of piperidine rings is 1. The van der Waals surface area contributed by atoms with Crippen LogP contribution in [0.25, 0.3) is 22.1 Å². The number of aliphatic hydroxyl groups excluding tert-OH is 1. The van der Waals surface area contributed by atoms with Crippen LogP contribution in [-0.4, -0.2) is 48.3 Å². The lowest BCUT2D eigenvalue weighted by Crippen LogP contribution is -2.43. The predicted octanol–water partition coefficient (Wildman–Crippen LogP) is 5.32. The van der Waals surface area contributed by atoms with Crippen molar-refractivity contribution in [3.05, 3.63) is 99.4 Å². The maximum Gasteiger partial charge on any atom is 0.416 e. The van der Waals surface area contributed by atoms with E-state index in [1.807, 2.05) is 37.3 Å². The summed E-state index contributed by atoms with van der Waals surface area (Å²) >= 11 is 0. The average Bonchev–Trinajstić information content (AvgIpc) is 2.98. The summed E-state index contributed by atoms with van der Waals surface area (Å²) in [6.07, 6.45) is -3.42. The lowest BCUT2D eigenvalue weighted by Gasteiger charge is -2.31. The van der Waals surface area contributed by atoms with Crippen LogP contribution in [0.5, 0.6) is 5.75 Å². The zero-order valence-corrected chi connectivity index (χ0v) is 23.7. The first-order valence-corrected chi connectivity index (χ1v) is 14.1. The largest absolute Gasteiger partial charge is 0.491 e. The number of aliphatic hydroxyl groups is 1. The molecule has 43 heavy (non-hydrogen) atoms. The summed E-state index contributed by atoms with van der Waals surface area (Å²) in [6, 6.07) is 17.5. The van der Waals surface area contributed by atoms with Crippen LogP contribution in [0.2, 0.25) is 0 Å². The Bertz CT molecular complexity index is 1640. The lowest BCUT2D eigenvalue weighted by molar-refractivity contribution is -0.137. The van der Waals surface area contributed by atoms with Gasteiger partial charge in [-0.05, 0) is 79.4 Å². The molecule has 1 aromatic heterocycles. The number of rotatable bonds is 9. The standard InChI is InChI=1S/C33H33F3N2O5/c1-20-28-11-10-27(42-19-26(39)18-38-14-12-24(13-15-38)31(37)40)17-30(28)43-32(41)29(20)16-21-2-4-22(5-3-21)23-6-8-25(9-7-23)33(34,35)36/h2-11,17,24,26,39H,12-16,18-19H2,1H3,(H2,37,40). The summed E-state index contributed by atoms with van der Waals surface area (Å²) < 4.78 is 50.0. The molecule has 3 N–H and O–H groups in total. The summed E-state index contributed by atoms with van der Waals surface area (Å²) in [6.45, 7) is 3.72. The molecule has 1 atom stereocenters. The normalized spacial score (nSPS) is 15.5. The highest BCUT2D eigenvalue weighted by molar-refractivity contribution is 5.82. The molecule has 3 aromatic carbocycles. The third-order valence-electron chi connectivity index (χ3n) is 8.04. The van der Waals surface area contributed by atoms with E-state index in [0.717, 1.165) is 34.2 Å². The van der Waals surface area contributed by atoms with Crippen molar-refractivity contribution < 1.29 is 32.2 Å². The molecule has 0 aliphatic carbocycles. The first-order valence-electron chi connectivity index (χ1n) is 14.1. The Morgan fingerprint density at radius 3 is 2.28 bits per heavy atom. The van der Waals surface area contributed by atoms with Crippen LogP contribution < -0.4 is 16.1 Å². The van der Waals surface area contributed by atoms with E-state index in [2.05, 4.69) is 4.90 Å². The Hall–Kier alpha value is -4.15. The van der Waals surface area contributed by atoms with E-state index < -0.39 is 23.5 Å². The number of halogens is 3. The smallest absolute Gasteiger partial charge is 0.416 e. The number of hydrogen-bond donors (Lipinski definition) is 2. The van der Waals surface area contributed by atoms with Crippen LogP contribution in [0.1, 0.15) is 35.1 Å². The van der Waals surface area contributed by atoms with Crippen LogP contribution in [-0.2, 0) is 17.4 Å². The van der Waals surface area contributed by atoms with Gasteiger partial charge in [0.15, 0.2) is 0 Å². The van der Waals surface area contributed by atoms with Crippen LogP contribution in [0.3, 0.4) is 0 Å². The van der Waals surface area contributed by atoms with Gasteiger partial charge >= 0.3 is 11.8 Å². The third kappa shape index (κ3) is 7.26. The maximum absolute atomic E-state index is 12.9. The molecule has 0 saturated carbocycles. The summed E-state index contributed by atoms with van der Waals surface area (Å²) in [4.78, 5) is 26.4. The molecule has 1 unspecified atom stereocenters. The molecular weight excluding hydrogens is 561 g/mol. The van der Waals surface area contributed by atoms with Crippen molar-refractivity contribution in [3.63, 3.8) is 0 Å². The van der Waals surface area contributed by atoms with E-state index in [9.17, 15) is 27.9 Å². The number of nitrogens with two attached hydrogens (primary N) is 1. The van der Waals surface area contributed by atoms with E-state index in [-0.39, 0.29) is 18.4 Å². The SMILES string of the molecule is Cc1c(Cc2ccc(-c3ccc(C(F)(F)F)cc3)cc2)c(=O)oc2cc(OCC(O)CN3CCC(C(N)=O)CC3)ccc12. The Kier molecular flexibility index (Phi) is 8.89. The van der Waals surface area contributed by atoms with Crippen LogP contribution in [0.4, 0.5) is 13.2 Å². The van der Waals surface area contributed by atoms with Crippen molar-refractivity contribution in [2.75, 3.05) is 26.2 Å². The van der Waals surface area contributed by atoms with Gasteiger partial charge in [0.1, 0.15) is 24.0 Å². The molecule has 5 rings (SSSR count). The number of benzene rings is 3. The molecule has 10 heteroatoms. The van der Waals surface area contributed by atoms with Gasteiger partial charge in [-0.3, -0.25) is 4.79 Å². The van der Waals surface area contributed by atoms with E-state index in [1.54, 1.807) is 12.1 Å². The Labute approximate surface area is 246 Å². The molecule has 0 radical (unpaired) electrons. The molecule has 226 valence electrons. The van der Waals surface area contributed by atoms with E-state index in [1.165, 1.54) is 12.1 Å². The number of nitrogens with zero attached hydrogens (tertiary/aromatic N) is 1. The number of primary amides is 1. The molecule has 7 nitrogen and oxygen atoms in total. The second-order valence-corrected chi connectivity index (χ2v) is 11.0. The fourth-order valence-corrected chi connectivity index (χ4v) is 5.48. The molecule has 0 spiro atoms. The van der Waals surface area contributed by atoms with Gasteiger partial charge < -0.3 is 24.9 Å². The second kappa shape index (κ2) is 12.6. The number of hydrogen-bond acceptors (Lipinski definition) is 6. The number of β-amino-alcohol motifs (C(OH)–C–C–N with tert-alkyl or cyclic N) is 1. The van der Waals surface area contributed by atoms with Gasteiger partial charge in [0.05, 0.1) is 5.56 Å². The number of fused-ring (bicyclic) bond motifs is 1. The topological polar surface area (TPSA) is 106 Å². The zero-order chi connectivity index (χ0) is 30.7. The number of likely N-dealkylation sites (tertiary alicyclic amines) is 1. The molecule has 1 fully saturated rings. The second-order valence-electron chi connectivity index (χ2n) is 11.0. The van der Waals surface area contributed by atoms with Crippen LogP contribution in [0, 0.1) is 12.8 Å². The highest BCUT2D eigenvalue weighted by atomic mass is 19.4. The van der Waals surface area contributed by atoms with Crippen molar-refractivity contribution in [2.45, 2.75) is 38.5 Å². The Balaban J connectivity index is 1.22. The summed E-state index contributed by atoms with van der Waals surface area (Å²) in [5, 5.41) is 11.2. The number of alkyl halides is 3. The summed E-state index contributed by atoms with van der Waals surface area (Å²) in [5.41, 5.74) is 8.19. The number of carbonyl (C=O) groups is 1. The minimum Gasteiger partial charge on any atom is -0.491 e. The van der Waals surface area contributed by atoms with Gasteiger partial charge in [0, 0.05) is 35.9 Å². The van der Waals surface area contributed by atoms with E-state index in [0.29, 0.717) is 61.4 Å². The quantitative estimate of drug-likeness (QED) is 0.254. The van der Waals surface area contributed by atoms with E-state index >= 15 is 0 Å². The number of aryl methyl sites for hydroxylation is 1. The average molecular weight is 595 g/mol. The molecular formula is C33H33F3N2O5. The minimum atomic E-state index is -4.38. The minimum absolute atomic E-state index is 0.0605. The molecule has 1 aliphatic heterocycles. The first kappa shape index (κ1) is 30.3. The van der Waals surface area contributed by atoms with Gasteiger partial charge in [0.25, 0.3) is 0 Å². The first-order chi connectivity index (χ1) is 20.5. The molecule has 4 aromatic rings. The van der Waals surface area contributed by atoms with Crippen molar-refractivity contribution in [3.8, 4) is 16.9 Å². The van der Waals surface area contributed by atoms with Gasteiger partial charge in [0.2, 0.25) is 5.91 Å². The zero-order valence-electron chi connectivity index (χ0n) is 23.7. The lowest BCUT2D eigenvalue weighted by atomic mass is 9.96. The molecule has 1 amide bonds. The maximum atomic E-state index is 12.9. The van der Waals surface area contributed by atoms with Crippen molar-refractivity contribution in [2.24, 2.45) is 11.7 Å². The van der Waals surface area contributed by atoms with Gasteiger partial charge in [-0.2, -0.15) is 13.2 Å². The van der Waals surface area contributed by atoms with Crippen molar-refractivity contribution in [1.82, 2.24) is 4.90 Å². The summed E-state index contributed by atoms with van der Waals surface area (Å²) in [7, 11) is 0. The number of amides is 1. The predicted molar refractivity (Wildman–Crippen MR) is 157 cm³/mol. The van der Waals surface area contributed by atoms with E-state index in [4.69, 9.17) is 14.9 Å². The van der Waals surface area contributed by atoms with Crippen LogP contribution >= 0.6 is 0 Å². The fourth-order valence-electron chi connectivity index (χ4n) is 5.48.